The minimum Gasteiger partial charge on any atom is -0.463 e. The summed E-state index contributed by atoms with van der Waals surface area (Å²) >= 11 is 0. The minimum absolute atomic E-state index is 0.0369. The maximum Gasteiger partial charge on any atom is 0.302 e. The van der Waals surface area contributed by atoms with Crippen LogP contribution in [-0.2, 0) is 9.53 Å². The Kier molecular flexibility index (Phi) is 9.73. The van der Waals surface area contributed by atoms with E-state index in [1.807, 2.05) is 0 Å². The molecule has 124 valence electrons. The number of carbonyl (C=O) groups excluding carboxylic acids is 1. The topological polar surface area (TPSA) is 46.5 Å². The van der Waals surface area contributed by atoms with Crippen molar-refractivity contribution in [3.05, 3.63) is 0 Å². The van der Waals surface area contributed by atoms with Gasteiger partial charge in [0.2, 0.25) is 0 Å². The highest BCUT2D eigenvalue weighted by Gasteiger charge is 2.18. The summed E-state index contributed by atoms with van der Waals surface area (Å²) in [4.78, 5) is 11.2. The van der Waals surface area contributed by atoms with Gasteiger partial charge in [0, 0.05) is 6.92 Å². The molecule has 0 radical (unpaired) electrons. The molecule has 1 aliphatic carbocycles. The molecule has 21 heavy (non-hydrogen) atoms. The first-order valence-electron chi connectivity index (χ1n) is 8.93. The number of carbonyl (C=O) groups is 1. The van der Waals surface area contributed by atoms with E-state index in [-0.39, 0.29) is 18.2 Å². The molecule has 1 fully saturated rings. The van der Waals surface area contributed by atoms with Crippen LogP contribution in [0, 0.1) is 5.92 Å². The van der Waals surface area contributed by atoms with Gasteiger partial charge in [0.15, 0.2) is 0 Å². The molecular weight excluding hydrogens is 264 g/mol. The van der Waals surface area contributed by atoms with Crippen LogP contribution < -0.4 is 0 Å². The number of hydrogen-bond acceptors (Lipinski definition) is 3. The monoisotopic (exact) mass is 298 g/mol. The van der Waals surface area contributed by atoms with E-state index in [0.29, 0.717) is 5.92 Å². The zero-order valence-electron chi connectivity index (χ0n) is 14.0. The van der Waals surface area contributed by atoms with Crippen molar-refractivity contribution in [1.29, 1.82) is 0 Å². The normalized spacial score (nSPS) is 30.9. The lowest BCUT2D eigenvalue weighted by molar-refractivity contribution is -0.147. The largest absolute Gasteiger partial charge is 0.463 e. The summed E-state index contributed by atoms with van der Waals surface area (Å²) in [7, 11) is 0. The second kappa shape index (κ2) is 11.1. The Hall–Kier alpha value is -0.570. The molecule has 0 amide bonds. The lowest BCUT2D eigenvalue weighted by Crippen LogP contribution is -2.21. The fourth-order valence-corrected chi connectivity index (χ4v) is 3.40. The van der Waals surface area contributed by atoms with Gasteiger partial charge in [-0.25, -0.2) is 0 Å². The predicted molar refractivity (Wildman–Crippen MR) is 86.1 cm³/mol. The van der Waals surface area contributed by atoms with Crippen molar-refractivity contribution in [2.75, 3.05) is 0 Å². The molecular formula is C18H34O3. The predicted octanol–water partition coefficient (Wildman–Crippen LogP) is 4.61. The van der Waals surface area contributed by atoms with Crippen molar-refractivity contribution >= 4 is 5.97 Å². The van der Waals surface area contributed by atoms with Crippen molar-refractivity contribution in [3.63, 3.8) is 0 Å². The van der Waals surface area contributed by atoms with E-state index in [0.717, 1.165) is 38.5 Å². The van der Waals surface area contributed by atoms with E-state index < -0.39 is 0 Å². The van der Waals surface area contributed by atoms with Crippen LogP contribution >= 0.6 is 0 Å². The SMILES string of the molecule is CC(=O)OC1CCCCCCCCCCC(O)C[C@@H](C)C1. The molecule has 3 heteroatoms. The van der Waals surface area contributed by atoms with Gasteiger partial charge in [-0.15, -0.1) is 0 Å². The van der Waals surface area contributed by atoms with Crippen molar-refractivity contribution in [2.24, 2.45) is 5.92 Å². The summed E-state index contributed by atoms with van der Waals surface area (Å²) in [6.07, 6.45) is 13.5. The molecule has 0 spiro atoms. The van der Waals surface area contributed by atoms with E-state index in [2.05, 4.69) is 6.92 Å². The summed E-state index contributed by atoms with van der Waals surface area (Å²) in [5, 5.41) is 10.1. The van der Waals surface area contributed by atoms with Crippen molar-refractivity contribution in [2.45, 2.75) is 103 Å². The van der Waals surface area contributed by atoms with Crippen LogP contribution in [0.25, 0.3) is 0 Å². The van der Waals surface area contributed by atoms with Crippen molar-refractivity contribution in [3.8, 4) is 0 Å². The molecule has 3 atom stereocenters. The molecule has 0 heterocycles. The Labute approximate surface area is 130 Å². The fourth-order valence-electron chi connectivity index (χ4n) is 3.40. The van der Waals surface area contributed by atoms with Gasteiger partial charge in [0.05, 0.1) is 6.10 Å². The van der Waals surface area contributed by atoms with Crippen LogP contribution in [0.15, 0.2) is 0 Å². The number of hydrogen-bond donors (Lipinski definition) is 1. The quantitative estimate of drug-likeness (QED) is 0.719. The lowest BCUT2D eigenvalue weighted by atomic mass is 9.93. The molecule has 1 saturated carbocycles. The van der Waals surface area contributed by atoms with Gasteiger partial charge in [-0.3, -0.25) is 4.79 Å². The minimum atomic E-state index is -0.192. The van der Waals surface area contributed by atoms with Crippen LogP contribution in [0.2, 0.25) is 0 Å². The van der Waals surface area contributed by atoms with Crippen LogP contribution in [0.3, 0.4) is 0 Å². The zero-order chi connectivity index (χ0) is 15.5. The van der Waals surface area contributed by atoms with Gasteiger partial charge in [-0.2, -0.15) is 0 Å². The molecule has 1 aliphatic rings. The fraction of sp³-hybridized carbons (Fsp3) is 0.944. The molecule has 0 bridgehead atoms. The highest BCUT2D eigenvalue weighted by molar-refractivity contribution is 5.66. The Bertz CT molecular complexity index is 278. The first-order chi connectivity index (χ1) is 10.1. The van der Waals surface area contributed by atoms with Gasteiger partial charge >= 0.3 is 5.97 Å². The van der Waals surface area contributed by atoms with Gasteiger partial charge < -0.3 is 9.84 Å². The summed E-state index contributed by atoms with van der Waals surface area (Å²) < 4.78 is 5.46. The third-order valence-corrected chi connectivity index (χ3v) is 4.49. The first-order valence-corrected chi connectivity index (χ1v) is 8.93. The average Bonchev–Trinajstić information content (AvgIpc) is 2.39. The number of ether oxygens (including phenoxy) is 1. The van der Waals surface area contributed by atoms with Crippen molar-refractivity contribution < 1.29 is 14.6 Å². The molecule has 0 aromatic heterocycles. The van der Waals surface area contributed by atoms with Crippen LogP contribution in [-0.4, -0.2) is 23.3 Å². The number of rotatable bonds is 1. The highest BCUT2D eigenvalue weighted by Crippen LogP contribution is 2.22. The lowest BCUT2D eigenvalue weighted by Gasteiger charge is -2.22. The van der Waals surface area contributed by atoms with E-state index in [4.69, 9.17) is 4.74 Å². The van der Waals surface area contributed by atoms with Gasteiger partial charge in [0.1, 0.15) is 6.10 Å². The zero-order valence-corrected chi connectivity index (χ0v) is 14.0. The van der Waals surface area contributed by atoms with E-state index in [1.54, 1.807) is 0 Å². The highest BCUT2D eigenvalue weighted by atomic mass is 16.5. The van der Waals surface area contributed by atoms with Crippen LogP contribution in [0.4, 0.5) is 0 Å². The Balaban J connectivity index is 2.47. The van der Waals surface area contributed by atoms with Crippen molar-refractivity contribution in [1.82, 2.24) is 0 Å². The van der Waals surface area contributed by atoms with Gasteiger partial charge in [0.25, 0.3) is 0 Å². The van der Waals surface area contributed by atoms with Gasteiger partial charge in [-0.1, -0.05) is 51.9 Å². The summed E-state index contributed by atoms with van der Waals surface area (Å²) in [6.45, 7) is 3.66. The smallest absolute Gasteiger partial charge is 0.302 e. The first kappa shape index (κ1) is 18.5. The second-order valence-corrected chi connectivity index (χ2v) is 6.87. The van der Waals surface area contributed by atoms with Crippen LogP contribution in [0.1, 0.15) is 90.9 Å². The molecule has 1 rings (SSSR count). The third kappa shape index (κ3) is 9.89. The molecule has 3 nitrogen and oxygen atoms in total. The summed E-state index contributed by atoms with van der Waals surface area (Å²) in [5.74, 6) is 0.236. The molecule has 2 unspecified atom stereocenters. The maximum absolute atomic E-state index is 11.2. The van der Waals surface area contributed by atoms with E-state index in [9.17, 15) is 9.90 Å². The molecule has 0 aromatic carbocycles. The van der Waals surface area contributed by atoms with E-state index in [1.165, 1.54) is 45.4 Å². The average molecular weight is 298 g/mol. The molecule has 0 aliphatic heterocycles. The Morgan fingerprint density at radius 1 is 0.905 bits per heavy atom. The molecule has 0 saturated heterocycles. The number of esters is 1. The summed E-state index contributed by atoms with van der Waals surface area (Å²) in [5.41, 5.74) is 0. The third-order valence-electron chi connectivity index (χ3n) is 4.49. The summed E-state index contributed by atoms with van der Waals surface area (Å²) in [6, 6.07) is 0. The van der Waals surface area contributed by atoms with E-state index >= 15 is 0 Å². The second-order valence-electron chi connectivity index (χ2n) is 6.87. The van der Waals surface area contributed by atoms with Crippen LogP contribution in [0.5, 0.6) is 0 Å². The Morgan fingerprint density at radius 2 is 1.43 bits per heavy atom. The standard InChI is InChI=1S/C18H34O3/c1-15-13-17(20)11-9-7-5-3-4-6-8-10-12-18(14-15)21-16(2)19/h15,17-18,20H,3-14H2,1-2H3/t15-,17?,18?/m1/s1. The molecule has 1 N–H and O–H groups in total. The maximum atomic E-state index is 11.2. The van der Waals surface area contributed by atoms with Gasteiger partial charge in [-0.05, 0) is 38.0 Å². The number of aliphatic hydroxyl groups excluding tert-OH is 1. The Morgan fingerprint density at radius 3 is 2.00 bits per heavy atom. The number of aliphatic hydroxyl groups is 1. The molecule has 0 aromatic rings.